The van der Waals surface area contributed by atoms with Crippen molar-refractivity contribution in [3.8, 4) is 5.75 Å². The average molecular weight is 525 g/mol. The molecule has 2 aromatic carbocycles. The summed E-state index contributed by atoms with van der Waals surface area (Å²) >= 11 is 6.08. The molecule has 11 heteroatoms. The molecule has 4 aromatic rings. The minimum absolute atomic E-state index is 0.255. The molecule has 1 fully saturated rings. The predicted octanol–water partition coefficient (Wildman–Crippen LogP) is 4.33. The molecule has 3 heterocycles. The van der Waals surface area contributed by atoms with Crippen molar-refractivity contribution in [3.63, 3.8) is 0 Å². The molecule has 5 rings (SSSR count). The van der Waals surface area contributed by atoms with Crippen molar-refractivity contribution in [2.75, 3.05) is 43.0 Å². The van der Waals surface area contributed by atoms with Crippen LogP contribution in [0.5, 0.6) is 5.75 Å². The molecule has 0 bridgehead atoms. The van der Waals surface area contributed by atoms with Crippen LogP contribution in [-0.4, -0.2) is 60.5 Å². The maximum atomic E-state index is 13.2. The minimum Gasteiger partial charge on any atom is -0.491 e. The van der Waals surface area contributed by atoms with Gasteiger partial charge in [0.05, 0.1) is 29.4 Å². The molecule has 186 valence electrons. The number of nitrogens with one attached hydrogen (secondary N) is 1. The highest BCUT2D eigenvalue weighted by Crippen LogP contribution is 2.28. The monoisotopic (exact) mass is 524 g/mol. The maximum Gasteiger partial charge on any atom is 0.243 e. The van der Waals surface area contributed by atoms with Crippen molar-refractivity contribution in [2.45, 2.75) is 11.8 Å². The third-order valence-corrected chi connectivity index (χ3v) is 8.07. The summed E-state index contributed by atoms with van der Waals surface area (Å²) in [6, 6.07) is 14.2. The summed E-state index contributed by atoms with van der Waals surface area (Å²) < 4.78 is 33.4. The Hall–Kier alpha value is -3.47. The van der Waals surface area contributed by atoms with Crippen LogP contribution in [0.1, 0.15) is 6.92 Å². The predicted molar refractivity (Wildman–Crippen MR) is 141 cm³/mol. The second-order valence-corrected chi connectivity index (χ2v) is 10.6. The van der Waals surface area contributed by atoms with E-state index in [0.29, 0.717) is 49.5 Å². The molecule has 0 saturated carbocycles. The number of pyridine rings is 1. The number of piperazine rings is 1. The van der Waals surface area contributed by atoms with Crippen molar-refractivity contribution in [1.29, 1.82) is 0 Å². The number of nitrogens with zero attached hydrogens (tertiary/aromatic N) is 5. The lowest BCUT2D eigenvalue weighted by Gasteiger charge is -2.34. The molecule has 1 saturated heterocycles. The molecule has 9 nitrogen and oxygen atoms in total. The van der Waals surface area contributed by atoms with Gasteiger partial charge >= 0.3 is 0 Å². The van der Waals surface area contributed by atoms with E-state index in [1.54, 1.807) is 48.9 Å². The summed E-state index contributed by atoms with van der Waals surface area (Å²) in [5.74, 6) is 1.18. The molecule has 0 amide bonds. The van der Waals surface area contributed by atoms with Gasteiger partial charge in [-0.3, -0.25) is 4.98 Å². The summed E-state index contributed by atoms with van der Waals surface area (Å²) in [5, 5.41) is 4.88. The number of hydrogen-bond acceptors (Lipinski definition) is 8. The highest BCUT2D eigenvalue weighted by Gasteiger charge is 2.29. The Labute approximate surface area is 214 Å². The fraction of sp³-hybridized carbons (Fsp3) is 0.240. The number of ether oxygens (including phenoxy) is 1. The Kier molecular flexibility index (Phi) is 6.90. The van der Waals surface area contributed by atoms with Gasteiger partial charge in [-0.05, 0) is 55.5 Å². The molecule has 1 aliphatic rings. The zero-order valence-electron chi connectivity index (χ0n) is 19.6. The first-order valence-electron chi connectivity index (χ1n) is 11.6. The number of anilines is 3. The van der Waals surface area contributed by atoms with Crippen LogP contribution in [0.4, 0.5) is 17.3 Å². The normalized spacial score (nSPS) is 14.7. The second kappa shape index (κ2) is 10.3. The molecular formula is C25H25ClN6O3S. The lowest BCUT2D eigenvalue weighted by atomic mass is 10.2. The molecule has 0 radical (unpaired) electrons. The molecule has 0 spiro atoms. The average Bonchev–Trinajstić information content (AvgIpc) is 2.90. The number of rotatable bonds is 7. The van der Waals surface area contributed by atoms with Gasteiger partial charge in [-0.25, -0.2) is 18.4 Å². The summed E-state index contributed by atoms with van der Waals surface area (Å²) in [7, 11) is -3.62. The molecular weight excluding hydrogens is 500 g/mol. The van der Waals surface area contributed by atoms with E-state index >= 15 is 0 Å². The third-order valence-electron chi connectivity index (χ3n) is 5.92. The molecule has 2 aromatic heterocycles. The zero-order valence-corrected chi connectivity index (χ0v) is 21.2. The maximum absolute atomic E-state index is 13.2. The molecule has 1 N–H and O–H groups in total. The van der Waals surface area contributed by atoms with Crippen LogP contribution in [0.2, 0.25) is 5.02 Å². The number of hydrogen-bond donors (Lipinski definition) is 1. The first-order valence-corrected chi connectivity index (χ1v) is 13.4. The van der Waals surface area contributed by atoms with Crippen LogP contribution in [0.15, 0.2) is 72.0 Å². The lowest BCUT2D eigenvalue weighted by molar-refractivity contribution is 0.337. The molecule has 0 unspecified atom stereocenters. The third kappa shape index (κ3) is 5.06. The van der Waals surface area contributed by atoms with Crippen LogP contribution >= 0.6 is 11.6 Å². The van der Waals surface area contributed by atoms with Gasteiger partial charge in [0, 0.05) is 54.2 Å². The van der Waals surface area contributed by atoms with E-state index in [0.717, 1.165) is 22.3 Å². The standard InChI is InChI=1S/C25H25ClN6O3S/c1-2-35-20-16-28-25(29-17-20)31-11-13-32(14-12-31)36(33,34)21-6-4-19(5-7-21)30-23-9-10-27-24-15-18(26)3-8-22(23)24/h3-10,15-17H,2,11-14H2,1H3,(H,27,30). The molecule has 1 aliphatic heterocycles. The molecule has 0 atom stereocenters. The number of fused-ring (bicyclic) bond motifs is 1. The van der Waals surface area contributed by atoms with E-state index in [2.05, 4.69) is 20.3 Å². The summed E-state index contributed by atoms with van der Waals surface area (Å²) in [4.78, 5) is 15.3. The highest BCUT2D eigenvalue weighted by molar-refractivity contribution is 7.89. The lowest BCUT2D eigenvalue weighted by Crippen LogP contribution is -2.49. The Bertz CT molecular complexity index is 1460. The Balaban J connectivity index is 1.25. The number of benzene rings is 2. The van der Waals surface area contributed by atoms with Gasteiger partial charge in [0.1, 0.15) is 0 Å². The molecule has 0 aliphatic carbocycles. The number of halogens is 1. The minimum atomic E-state index is -3.62. The van der Waals surface area contributed by atoms with Gasteiger partial charge in [-0.15, -0.1) is 0 Å². The summed E-state index contributed by atoms with van der Waals surface area (Å²) in [6.07, 6.45) is 4.97. The van der Waals surface area contributed by atoms with E-state index in [1.165, 1.54) is 4.31 Å². The van der Waals surface area contributed by atoms with E-state index in [4.69, 9.17) is 16.3 Å². The highest BCUT2D eigenvalue weighted by atomic mass is 35.5. The topological polar surface area (TPSA) is 101 Å². The largest absolute Gasteiger partial charge is 0.491 e. The van der Waals surface area contributed by atoms with Crippen LogP contribution < -0.4 is 15.0 Å². The van der Waals surface area contributed by atoms with E-state index in [9.17, 15) is 8.42 Å². The van der Waals surface area contributed by atoms with Gasteiger partial charge in [0.2, 0.25) is 16.0 Å². The summed E-state index contributed by atoms with van der Waals surface area (Å²) in [5.41, 5.74) is 2.41. The SMILES string of the molecule is CCOc1cnc(N2CCN(S(=O)(=O)c3ccc(Nc4ccnc5cc(Cl)ccc45)cc3)CC2)nc1. The van der Waals surface area contributed by atoms with Gasteiger partial charge in [0.25, 0.3) is 0 Å². The van der Waals surface area contributed by atoms with Crippen molar-refractivity contribution in [3.05, 3.63) is 72.1 Å². The Morgan fingerprint density at radius 3 is 2.39 bits per heavy atom. The van der Waals surface area contributed by atoms with Gasteiger partial charge in [-0.2, -0.15) is 4.31 Å². The van der Waals surface area contributed by atoms with Crippen molar-refractivity contribution < 1.29 is 13.2 Å². The zero-order chi connectivity index (χ0) is 25.1. The van der Waals surface area contributed by atoms with Crippen LogP contribution in [-0.2, 0) is 10.0 Å². The van der Waals surface area contributed by atoms with Gasteiger partial charge in [-0.1, -0.05) is 11.6 Å². The molecule has 36 heavy (non-hydrogen) atoms. The van der Waals surface area contributed by atoms with E-state index in [-0.39, 0.29) is 4.90 Å². The first-order chi connectivity index (χ1) is 17.4. The Morgan fingerprint density at radius 2 is 1.69 bits per heavy atom. The van der Waals surface area contributed by atoms with E-state index < -0.39 is 10.0 Å². The fourth-order valence-corrected chi connectivity index (χ4v) is 5.68. The smallest absolute Gasteiger partial charge is 0.243 e. The number of aromatic nitrogens is 3. The van der Waals surface area contributed by atoms with Crippen LogP contribution in [0.3, 0.4) is 0 Å². The van der Waals surface area contributed by atoms with E-state index in [1.807, 2.05) is 30.0 Å². The van der Waals surface area contributed by atoms with Gasteiger partial charge in [0.15, 0.2) is 5.75 Å². The van der Waals surface area contributed by atoms with Gasteiger partial charge < -0.3 is 15.0 Å². The second-order valence-electron chi connectivity index (χ2n) is 8.21. The quantitative estimate of drug-likeness (QED) is 0.381. The fourth-order valence-electron chi connectivity index (χ4n) is 4.09. The first kappa shape index (κ1) is 24.2. The Morgan fingerprint density at radius 1 is 0.972 bits per heavy atom. The number of sulfonamides is 1. The van der Waals surface area contributed by atoms with Crippen molar-refractivity contribution in [2.24, 2.45) is 0 Å². The van der Waals surface area contributed by atoms with Crippen LogP contribution in [0.25, 0.3) is 10.9 Å². The summed E-state index contributed by atoms with van der Waals surface area (Å²) in [6.45, 7) is 4.16. The van der Waals surface area contributed by atoms with Crippen molar-refractivity contribution >= 4 is 49.9 Å². The van der Waals surface area contributed by atoms with Crippen LogP contribution in [0, 0.1) is 0 Å². The van der Waals surface area contributed by atoms with Crippen molar-refractivity contribution in [1.82, 2.24) is 19.3 Å².